The summed E-state index contributed by atoms with van der Waals surface area (Å²) in [5.41, 5.74) is 2.23. The zero-order valence-corrected chi connectivity index (χ0v) is 12.6. The lowest BCUT2D eigenvalue weighted by atomic mass is 10.1. The predicted octanol–water partition coefficient (Wildman–Crippen LogP) is 3.83. The topological polar surface area (TPSA) is 64.1 Å². The van der Waals surface area contributed by atoms with Crippen LogP contribution in [0.5, 0.6) is 11.6 Å². The molecule has 1 heterocycles. The lowest BCUT2D eigenvalue weighted by Gasteiger charge is -2.09. The molecule has 0 atom stereocenters. The molecule has 0 spiro atoms. The van der Waals surface area contributed by atoms with Gasteiger partial charge in [0, 0.05) is 29.7 Å². The number of carbonyl (C=O) groups is 1. The quantitative estimate of drug-likeness (QED) is 0.795. The number of ether oxygens (including phenoxy) is 1. The van der Waals surface area contributed by atoms with Crippen molar-refractivity contribution in [2.45, 2.75) is 6.92 Å². The Morgan fingerprint density at radius 3 is 2.74 bits per heavy atom. The summed E-state index contributed by atoms with van der Waals surface area (Å²) in [6.45, 7) is 1.91. The van der Waals surface area contributed by atoms with Crippen LogP contribution in [0.2, 0.25) is 0 Å². The van der Waals surface area contributed by atoms with Crippen molar-refractivity contribution in [3.05, 3.63) is 78.2 Å². The lowest BCUT2D eigenvalue weighted by molar-refractivity contribution is 0.102. The molecule has 5 nitrogen and oxygen atoms in total. The highest BCUT2D eigenvalue weighted by molar-refractivity contribution is 6.05. The van der Waals surface area contributed by atoms with Crippen LogP contribution >= 0.6 is 0 Å². The summed E-state index contributed by atoms with van der Waals surface area (Å²) in [7, 11) is 0. The monoisotopic (exact) mass is 305 g/mol. The molecule has 3 aromatic rings. The van der Waals surface area contributed by atoms with Gasteiger partial charge in [0.05, 0.1) is 6.20 Å². The molecule has 1 aromatic heterocycles. The Bertz CT molecular complexity index is 819. The van der Waals surface area contributed by atoms with Gasteiger partial charge in [-0.15, -0.1) is 0 Å². The highest BCUT2D eigenvalue weighted by atomic mass is 16.5. The zero-order valence-electron chi connectivity index (χ0n) is 12.6. The molecule has 0 saturated heterocycles. The Morgan fingerprint density at radius 2 is 1.96 bits per heavy atom. The van der Waals surface area contributed by atoms with E-state index in [2.05, 4.69) is 15.3 Å². The molecule has 0 aliphatic carbocycles. The highest BCUT2D eigenvalue weighted by Gasteiger charge is 2.09. The third-order valence-corrected chi connectivity index (χ3v) is 3.24. The van der Waals surface area contributed by atoms with Gasteiger partial charge in [-0.2, -0.15) is 0 Å². The molecular formula is C18H15N3O2. The minimum absolute atomic E-state index is 0.153. The first-order valence-corrected chi connectivity index (χ1v) is 7.13. The van der Waals surface area contributed by atoms with E-state index >= 15 is 0 Å². The van der Waals surface area contributed by atoms with E-state index in [9.17, 15) is 4.79 Å². The standard InChI is InChI=1S/C18H15N3O2/c1-13-5-2-3-8-16(13)18(22)21-14-6-4-7-15(11-14)23-17-12-19-9-10-20-17/h2-12H,1H3,(H,21,22). The normalized spacial score (nSPS) is 10.1. The summed E-state index contributed by atoms with van der Waals surface area (Å²) >= 11 is 0. The summed E-state index contributed by atoms with van der Waals surface area (Å²) in [6.07, 6.45) is 4.66. The molecule has 0 saturated carbocycles. The molecule has 1 amide bonds. The second kappa shape index (κ2) is 6.70. The van der Waals surface area contributed by atoms with Crippen molar-refractivity contribution in [2.75, 3.05) is 5.32 Å². The van der Waals surface area contributed by atoms with Crippen LogP contribution in [-0.2, 0) is 0 Å². The number of nitrogens with zero attached hydrogens (tertiary/aromatic N) is 2. The van der Waals surface area contributed by atoms with Crippen LogP contribution in [0.4, 0.5) is 5.69 Å². The van der Waals surface area contributed by atoms with Gasteiger partial charge >= 0.3 is 0 Å². The van der Waals surface area contributed by atoms with Crippen molar-refractivity contribution >= 4 is 11.6 Å². The predicted molar refractivity (Wildman–Crippen MR) is 87.7 cm³/mol. The molecular weight excluding hydrogens is 290 g/mol. The smallest absolute Gasteiger partial charge is 0.255 e. The first kappa shape index (κ1) is 14.7. The fourth-order valence-electron chi connectivity index (χ4n) is 2.12. The highest BCUT2D eigenvalue weighted by Crippen LogP contribution is 2.22. The van der Waals surface area contributed by atoms with Gasteiger partial charge in [0.15, 0.2) is 0 Å². The largest absolute Gasteiger partial charge is 0.437 e. The second-order valence-electron chi connectivity index (χ2n) is 4.94. The summed E-state index contributed by atoms with van der Waals surface area (Å²) < 4.78 is 5.61. The van der Waals surface area contributed by atoms with Crippen LogP contribution in [0.25, 0.3) is 0 Å². The molecule has 0 bridgehead atoms. The van der Waals surface area contributed by atoms with Gasteiger partial charge in [-0.1, -0.05) is 24.3 Å². The van der Waals surface area contributed by atoms with Crippen molar-refractivity contribution in [2.24, 2.45) is 0 Å². The zero-order chi connectivity index (χ0) is 16.1. The Balaban J connectivity index is 1.75. The van der Waals surface area contributed by atoms with E-state index in [0.29, 0.717) is 22.9 Å². The van der Waals surface area contributed by atoms with Crippen LogP contribution in [0, 0.1) is 6.92 Å². The van der Waals surface area contributed by atoms with E-state index in [1.807, 2.05) is 25.1 Å². The SMILES string of the molecule is Cc1ccccc1C(=O)Nc1cccc(Oc2cnccn2)c1. The third-order valence-electron chi connectivity index (χ3n) is 3.24. The van der Waals surface area contributed by atoms with Crippen LogP contribution in [0.15, 0.2) is 67.1 Å². The van der Waals surface area contributed by atoms with Gasteiger partial charge in [0.2, 0.25) is 5.88 Å². The van der Waals surface area contributed by atoms with Gasteiger partial charge in [-0.05, 0) is 30.7 Å². The number of aryl methyl sites for hydroxylation is 1. The molecule has 23 heavy (non-hydrogen) atoms. The minimum Gasteiger partial charge on any atom is -0.437 e. The van der Waals surface area contributed by atoms with Crippen LogP contribution < -0.4 is 10.1 Å². The Labute approximate surface area is 134 Å². The third kappa shape index (κ3) is 3.71. The number of carbonyl (C=O) groups excluding carboxylic acids is 1. The van der Waals surface area contributed by atoms with Gasteiger partial charge < -0.3 is 10.1 Å². The average molecular weight is 305 g/mol. The second-order valence-corrected chi connectivity index (χ2v) is 4.94. The van der Waals surface area contributed by atoms with E-state index in [1.165, 1.54) is 6.20 Å². The molecule has 0 radical (unpaired) electrons. The molecule has 0 aliphatic heterocycles. The number of benzene rings is 2. The molecule has 0 unspecified atom stereocenters. The van der Waals surface area contributed by atoms with E-state index < -0.39 is 0 Å². The number of hydrogen-bond donors (Lipinski definition) is 1. The molecule has 0 aliphatic rings. The van der Waals surface area contributed by atoms with Crippen molar-refractivity contribution < 1.29 is 9.53 Å². The molecule has 114 valence electrons. The number of rotatable bonds is 4. The molecule has 1 N–H and O–H groups in total. The summed E-state index contributed by atoms with van der Waals surface area (Å²) in [5, 5.41) is 2.87. The van der Waals surface area contributed by atoms with E-state index in [0.717, 1.165) is 5.56 Å². The maximum Gasteiger partial charge on any atom is 0.255 e. The van der Waals surface area contributed by atoms with Crippen molar-refractivity contribution in [1.82, 2.24) is 9.97 Å². The molecule has 0 fully saturated rings. The van der Waals surface area contributed by atoms with Crippen LogP contribution in [-0.4, -0.2) is 15.9 Å². The van der Waals surface area contributed by atoms with Gasteiger partial charge in [0.25, 0.3) is 5.91 Å². The Kier molecular flexibility index (Phi) is 4.29. The fraction of sp³-hybridized carbons (Fsp3) is 0.0556. The van der Waals surface area contributed by atoms with E-state index in [1.54, 1.807) is 42.7 Å². The van der Waals surface area contributed by atoms with Gasteiger partial charge in [-0.3, -0.25) is 9.78 Å². The Hall–Kier alpha value is -3.21. The van der Waals surface area contributed by atoms with Crippen molar-refractivity contribution in [3.63, 3.8) is 0 Å². The molecule has 5 heteroatoms. The molecule has 2 aromatic carbocycles. The number of nitrogens with one attached hydrogen (secondary N) is 1. The number of amides is 1. The van der Waals surface area contributed by atoms with Gasteiger partial charge in [-0.25, -0.2) is 4.98 Å². The van der Waals surface area contributed by atoms with E-state index in [4.69, 9.17) is 4.74 Å². The first-order valence-electron chi connectivity index (χ1n) is 7.13. The van der Waals surface area contributed by atoms with Crippen LogP contribution in [0.3, 0.4) is 0 Å². The fourth-order valence-corrected chi connectivity index (χ4v) is 2.12. The van der Waals surface area contributed by atoms with E-state index in [-0.39, 0.29) is 5.91 Å². The van der Waals surface area contributed by atoms with Crippen molar-refractivity contribution in [1.29, 1.82) is 0 Å². The first-order chi connectivity index (χ1) is 11.2. The van der Waals surface area contributed by atoms with Gasteiger partial charge in [0.1, 0.15) is 5.75 Å². The number of anilines is 1. The summed E-state index contributed by atoms with van der Waals surface area (Å²) in [6, 6.07) is 14.6. The maximum atomic E-state index is 12.3. The van der Waals surface area contributed by atoms with Crippen LogP contribution in [0.1, 0.15) is 15.9 Å². The lowest BCUT2D eigenvalue weighted by Crippen LogP contribution is -2.13. The summed E-state index contributed by atoms with van der Waals surface area (Å²) in [5.74, 6) is 0.822. The molecule has 3 rings (SSSR count). The minimum atomic E-state index is -0.153. The Morgan fingerprint density at radius 1 is 1.09 bits per heavy atom. The summed E-state index contributed by atoms with van der Waals surface area (Å²) in [4.78, 5) is 20.3. The maximum absolute atomic E-state index is 12.3. The number of aromatic nitrogens is 2. The number of hydrogen-bond acceptors (Lipinski definition) is 4. The van der Waals surface area contributed by atoms with Crippen molar-refractivity contribution in [3.8, 4) is 11.6 Å². The average Bonchev–Trinajstić information content (AvgIpc) is 2.56.